The summed E-state index contributed by atoms with van der Waals surface area (Å²) >= 11 is 0. The minimum Gasteiger partial charge on any atom is -0.295 e. The zero-order chi connectivity index (χ0) is 14.8. The Morgan fingerprint density at radius 3 is 2.71 bits per heavy atom. The van der Waals surface area contributed by atoms with Gasteiger partial charge in [0.1, 0.15) is 0 Å². The molecule has 0 aromatic heterocycles. The summed E-state index contributed by atoms with van der Waals surface area (Å²) in [6.45, 7) is 4.63. The van der Waals surface area contributed by atoms with Gasteiger partial charge in [-0.15, -0.1) is 0 Å². The third kappa shape index (κ3) is 1.71. The highest BCUT2D eigenvalue weighted by atomic mass is 16.1. The second kappa shape index (κ2) is 4.18. The summed E-state index contributed by atoms with van der Waals surface area (Å²) in [6.07, 6.45) is 12.5. The number of allylic oxidation sites excluding steroid dienone is 4. The van der Waals surface area contributed by atoms with Gasteiger partial charge in [0.15, 0.2) is 11.6 Å². The Kier molecular flexibility index (Phi) is 2.68. The fourth-order valence-electron chi connectivity index (χ4n) is 6.03. The first kappa shape index (κ1) is 13.5. The van der Waals surface area contributed by atoms with Crippen LogP contribution in [0, 0.1) is 28.6 Å². The highest BCUT2D eigenvalue weighted by Gasteiger charge is 2.57. The lowest BCUT2D eigenvalue weighted by Crippen LogP contribution is -2.50. The first-order valence-corrected chi connectivity index (χ1v) is 8.43. The molecule has 0 heterocycles. The lowest BCUT2D eigenvalue weighted by atomic mass is 9.48. The molecule has 2 nitrogen and oxygen atoms in total. The maximum absolute atomic E-state index is 12.7. The van der Waals surface area contributed by atoms with Gasteiger partial charge in [0.2, 0.25) is 0 Å². The van der Waals surface area contributed by atoms with E-state index in [2.05, 4.69) is 13.8 Å². The van der Waals surface area contributed by atoms with Gasteiger partial charge in [-0.3, -0.25) is 9.59 Å². The smallest absolute Gasteiger partial charge is 0.178 e. The molecule has 0 aromatic rings. The quantitative estimate of drug-likeness (QED) is 0.677. The van der Waals surface area contributed by atoms with E-state index in [0.29, 0.717) is 29.6 Å². The Hall–Kier alpha value is -1.18. The van der Waals surface area contributed by atoms with Crippen LogP contribution in [0.5, 0.6) is 0 Å². The van der Waals surface area contributed by atoms with Crippen molar-refractivity contribution in [1.29, 1.82) is 0 Å². The Labute approximate surface area is 126 Å². The molecule has 0 radical (unpaired) electrons. The van der Waals surface area contributed by atoms with E-state index in [1.165, 1.54) is 32.1 Å². The van der Waals surface area contributed by atoms with E-state index in [9.17, 15) is 9.59 Å². The maximum Gasteiger partial charge on any atom is 0.178 e. The average molecular weight is 284 g/mol. The number of carbonyl (C=O) groups is 2. The summed E-state index contributed by atoms with van der Waals surface area (Å²) < 4.78 is 0. The van der Waals surface area contributed by atoms with Gasteiger partial charge in [-0.1, -0.05) is 26.3 Å². The van der Waals surface area contributed by atoms with Gasteiger partial charge < -0.3 is 0 Å². The summed E-state index contributed by atoms with van der Waals surface area (Å²) in [6, 6.07) is 0. The fraction of sp³-hybridized carbons (Fsp3) is 0.684. The summed E-state index contributed by atoms with van der Waals surface area (Å²) in [5.74, 6) is 1.99. The third-order valence-electron chi connectivity index (χ3n) is 7.17. The van der Waals surface area contributed by atoms with Gasteiger partial charge >= 0.3 is 0 Å². The highest BCUT2D eigenvalue weighted by molar-refractivity contribution is 6.10. The van der Waals surface area contributed by atoms with E-state index in [-0.39, 0.29) is 17.0 Å². The van der Waals surface area contributed by atoms with Crippen LogP contribution in [0.15, 0.2) is 23.8 Å². The van der Waals surface area contributed by atoms with Crippen LogP contribution in [-0.2, 0) is 9.59 Å². The molecule has 0 saturated heterocycles. The second-order valence-electron chi connectivity index (χ2n) is 8.17. The van der Waals surface area contributed by atoms with E-state index in [1.807, 2.05) is 6.08 Å². The minimum absolute atomic E-state index is 0.0178. The SMILES string of the molecule is C[C@@]12CCC[C@H]1[C@@H]1CC(=O)C3=CC(=O)C=C[C@]3(C)[C@H]1CC2. The van der Waals surface area contributed by atoms with Crippen molar-refractivity contribution in [2.24, 2.45) is 28.6 Å². The molecule has 112 valence electrons. The van der Waals surface area contributed by atoms with Gasteiger partial charge in [-0.2, -0.15) is 0 Å². The molecule has 3 fully saturated rings. The molecule has 4 aliphatic rings. The van der Waals surface area contributed by atoms with E-state index in [0.717, 1.165) is 5.57 Å². The van der Waals surface area contributed by atoms with Crippen molar-refractivity contribution in [3.63, 3.8) is 0 Å². The monoisotopic (exact) mass is 284 g/mol. The molecular weight excluding hydrogens is 260 g/mol. The van der Waals surface area contributed by atoms with E-state index in [4.69, 9.17) is 0 Å². The number of ketones is 2. The van der Waals surface area contributed by atoms with Crippen molar-refractivity contribution in [1.82, 2.24) is 0 Å². The van der Waals surface area contributed by atoms with Crippen molar-refractivity contribution in [3.8, 4) is 0 Å². The van der Waals surface area contributed by atoms with E-state index >= 15 is 0 Å². The fourth-order valence-corrected chi connectivity index (χ4v) is 6.03. The Morgan fingerprint density at radius 2 is 1.90 bits per heavy atom. The number of rotatable bonds is 0. The molecule has 4 rings (SSSR count). The van der Waals surface area contributed by atoms with Crippen LogP contribution in [0.1, 0.15) is 52.4 Å². The van der Waals surface area contributed by atoms with Crippen LogP contribution in [0.3, 0.4) is 0 Å². The van der Waals surface area contributed by atoms with Crippen LogP contribution in [0.25, 0.3) is 0 Å². The summed E-state index contributed by atoms with van der Waals surface area (Å²) in [7, 11) is 0. The van der Waals surface area contributed by atoms with Crippen LogP contribution < -0.4 is 0 Å². The van der Waals surface area contributed by atoms with Crippen LogP contribution in [0.4, 0.5) is 0 Å². The predicted molar refractivity (Wildman–Crippen MR) is 81.6 cm³/mol. The molecule has 21 heavy (non-hydrogen) atoms. The van der Waals surface area contributed by atoms with Gasteiger partial charge in [0.05, 0.1) is 0 Å². The molecule has 2 heteroatoms. The zero-order valence-corrected chi connectivity index (χ0v) is 13.0. The van der Waals surface area contributed by atoms with Crippen LogP contribution in [-0.4, -0.2) is 11.6 Å². The summed E-state index contributed by atoms with van der Waals surface area (Å²) in [5, 5.41) is 0. The lowest BCUT2D eigenvalue weighted by Gasteiger charge is -2.55. The predicted octanol–water partition coefficient (Wildman–Crippen LogP) is 3.86. The summed E-state index contributed by atoms with van der Waals surface area (Å²) in [4.78, 5) is 24.4. The van der Waals surface area contributed by atoms with Crippen molar-refractivity contribution in [3.05, 3.63) is 23.8 Å². The maximum atomic E-state index is 12.7. The first-order chi connectivity index (χ1) is 9.94. The van der Waals surface area contributed by atoms with Gasteiger partial charge in [-0.05, 0) is 61.0 Å². The normalized spacial score (nSPS) is 48.5. The Bertz CT molecular complexity index is 584. The molecular formula is C19H24O2. The van der Waals surface area contributed by atoms with Crippen molar-refractivity contribution in [2.45, 2.75) is 52.4 Å². The lowest BCUT2D eigenvalue weighted by molar-refractivity contribution is -0.126. The van der Waals surface area contributed by atoms with Gasteiger partial charge in [-0.25, -0.2) is 0 Å². The van der Waals surface area contributed by atoms with Gasteiger partial charge in [0, 0.05) is 17.4 Å². The average Bonchev–Trinajstić information content (AvgIpc) is 2.83. The standard InChI is InChI=1S/C19H24O2/c1-18-7-3-4-14(18)13-11-17(21)16-10-12(20)5-9-19(16,2)15(13)6-8-18/h5,9-10,13-15H,3-4,6-8,11H2,1-2H3/t13-,14-,15-,18-,19+/m0/s1. The topological polar surface area (TPSA) is 34.1 Å². The van der Waals surface area contributed by atoms with Crippen molar-refractivity contribution >= 4 is 11.6 Å². The van der Waals surface area contributed by atoms with Crippen LogP contribution >= 0.6 is 0 Å². The highest BCUT2D eigenvalue weighted by Crippen LogP contribution is 2.63. The molecule has 0 bridgehead atoms. The van der Waals surface area contributed by atoms with Crippen LogP contribution in [0.2, 0.25) is 0 Å². The van der Waals surface area contributed by atoms with E-state index in [1.54, 1.807) is 12.2 Å². The number of hydrogen-bond donors (Lipinski definition) is 0. The molecule has 0 aliphatic heterocycles. The minimum atomic E-state index is -0.197. The van der Waals surface area contributed by atoms with Crippen molar-refractivity contribution < 1.29 is 9.59 Å². The molecule has 0 amide bonds. The number of Topliss-reactive ketones (excluding diaryl/α,β-unsaturated/α-hetero) is 1. The largest absolute Gasteiger partial charge is 0.295 e. The molecule has 0 unspecified atom stereocenters. The molecule has 4 aliphatic carbocycles. The van der Waals surface area contributed by atoms with Crippen molar-refractivity contribution in [2.75, 3.05) is 0 Å². The first-order valence-electron chi connectivity index (χ1n) is 8.43. The zero-order valence-electron chi connectivity index (χ0n) is 13.0. The number of hydrogen-bond acceptors (Lipinski definition) is 2. The van der Waals surface area contributed by atoms with Gasteiger partial charge in [0.25, 0.3) is 0 Å². The number of carbonyl (C=O) groups excluding carboxylic acids is 2. The third-order valence-corrected chi connectivity index (χ3v) is 7.17. The summed E-state index contributed by atoms with van der Waals surface area (Å²) in [5.41, 5.74) is 1.06. The Balaban J connectivity index is 1.77. The Morgan fingerprint density at radius 1 is 1.10 bits per heavy atom. The second-order valence-corrected chi connectivity index (χ2v) is 8.17. The number of fused-ring (bicyclic) bond motifs is 5. The molecule has 3 saturated carbocycles. The molecule has 0 aromatic carbocycles. The van der Waals surface area contributed by atoms with E-state index < -0.39 is 0 Å². The molecule has 0 N–H and O–H groups in total. The molecule has 0 spiro atoms. The molecule has 5 atom stereocenters.